The number of hydrogen-bond acceptors (Lipinski definition) is 3. The zero-order valence-electron chi connectivity index (χ0n) is 18.2. The van der Waals surface area contributed by atoms with E-state index in [0.717, 1.165) is 0 Å². The van der Waals surface area contributed by atoms with Crippen molar-refractivity contribution in [1.29, 1.82) is 0 Å². The number of Topliss-reactive ketones (excluding diaryl/α,β-unsaturated/α-hetero) is 1. The van der Waals surface area contributed by atoms with Gasteiger partial charge in [-0.15, -0.1) is 0 Å². The normalized spacial score (nSPS) is 15.5. The molecule has 0 radical (unpaired) electrons. The minimum absolute atomic E-state index is 0.136. The number of amides is 1. The van der Waals surface area contributed by atoms with E-state index in [1.165, 1.54) is 11.0 Å². The maximum absolute atomic E-state index is 15.2. The number of nitrogens with zero attached hydrogens (tertiary/aromatic N) is 1. The van der Waals surface area contributed by atoms with Gasteiger partial charge in [0.15, 0.2) is 5.78 Å². The maximum Gasteiger partial charge on any atom is 0.276 e. The molecule has 1 aliphatic heterocycles. The Morgan fingerprint density at radius 2 is 1.29 bits per heavy atom. The number of carbonyl (C=O) groups is 2. The van der Waals surface area contributed by atoms with Crippen molar-refractivity contribution in [2.24, 2.45) is 0 Å². The zero-order chi connectivity index (χ0) is 23.5. The highest BCUT2D eigenvalue weighted by atomic mass is 19.1. The number of benzene rings is 4. The van der Waals surface area contributed by atoms with Gasteiger partial charge in [-0.05, 0) is 30.3 Å². The van der Waals surface area contributed by atoms with Crippen molar-refractivity contribution in [3.63, 3.8) is 0 Å². The molecule has 1 heterocycles. The summed E-state index contributed by atoms with van der Waals surface area (Å²) in [4.78, 5) is 29.2. The number of anilines is 2. The van der Waals surface area contributed by atoms with Crippen LogP contribution < -0.4 is 10.2 Å². The van der Waals surface area contributed by atoms with Gasteiger partial charge in [0.1, 0.15) is 11.5 Å². The maximum atomic E-state index is 15.2. The van der Waals surface area contributed by atoms with Gasteiger partial charge in [0.25, 0.3) is 5.91 Å². The molecule has 0 saturated carbocycles. The van der Waals surface area contributed by atoms with E-state index in [0.29, 0.717) is 16.9 Å². The van der Waals surface area contributed by atoms with Crippen molar-refractivity contribution in [1.82, 2.24) is 0 Å². The molecule has 0 fully saturated rings. The summed E-state index contributed by atoms with van der Waals surface area (Å²) in [7, 11) is 0. The monoisotopic (exact) mass is 448 g/mol. The Hall–Kier alpha value is -4.51. The van der Waals surface area contributed by atoms with Gasteiger partial charge in [0, 0.05) is 22.5 Å². The average Bonchev–Trinajstić information content (AvgIpc) is 3.17. The highest BCUT2D eigenvalue weighted by Crippen LogP contribution is 2.43. The van der Waals surface area contributed by atoms with E-state index in [1.54, 1.807) is 54.6 Å². The molecule has 0 aromatic heterocycles. The van der Waals surface area contributed by atoms with Gasteiger partial charge in [-0.25, -0.2) is 4.39 Å². The lowest BCUT2D eigenvalue weighted by Crippen LogP contribution is -2.32. The molecule has 4 aromatic carbocycles. The fourth-order valence-electron chi connectivity index (χ4n) is 4.23. The summed E-state index contributed by atoms with van der Waals surface area (Å²) in [6.45, 7) is 0. The van der Waals surface area contributed by atoms with Gasteiger partial charge < -0.3 is 5.32 Å². The second-order valence-electron chi connectivity index (χ2n) is 7.91. The minimum Gasteiger partial charge on any atom is -0.351 e. The first-order chi connectivity index (χ1) is 16.6. The van der Waals surface area contributed by atoms with Crippen LogP contribution in [-0.4, -0.2) is 11.7 Å². The third-order valence-electron chi connectivity index (χ3n) is 5.79. The van der Waals surface area contributed by atoms with Crippen LogP contribution in [0.25, 0.3) is 0 Å². The molecular formula is C29H21FN2O2. The quantitative estimate of drug-likeness (QED) is 0.359. The Kier molecular flexibility index (Phi) is 5.75. The van der Waals surface area contributed by atoms with Gasteiger partial charge in [-0.1, -0.05) is 84.9 Å². The molecule has 1 amide bonds. The van der Waals surface area contributed by atoms with Gasteiger partial charge in [0.05, 0.1) is 11.6 Å². The summed E-state index contributed by atoms with van der Waals surface area (Å²) in [5.74, 6) is -1.22. The molecule has 4 nitrogen and oxygen atoms in total. The Balaban J connectivity index is 1.75. The van der Waals surface area contributed by atoms with E-state index < -0.39 is 17.8 Å². The Morgan fingerprint density at radius 3 is 1.94 bits per heavy atom. The fourth-order valence-corrected chi connectivity index (χ4v) is 4.23. The number of hydrogen-bond donors (Lipinski definition) is 1. The lowest BCUT2D eigenvalue weighted by molar-refractivity contribution is -0.114. The largest absolute Gasteiger partial charge is 0.351 e. The molecule has 4 aromatic rings. The molecule has 5 rings (SSSR count). The first-order valence-corrected chi connectivity index (χ1v) is 10.9. The summed E-state index contributed by atoms with van der Waals surface area (Å²) in [6.07, 6.45) is 0. The molecule has 1 atom stereocenters. The van der Waals surface area contributed by atoms with Crippen molar-refractivity contribution in [3.8, 4) is 0 Å². The lowest BCUT2D eigenvalue weighted by Gasteiger charge is -2.27. The van der Waals surface area contributed by atoms with Crippen LogP contribution >= 0.6 is 0 Å². The fraction of sp³-hybridized carbons (Fsp3) is 0.0345. The van der Waals surface area contributed by atoms with Crippen LogP contribution in [0.1, 0.15) is 22.0 Å². The molecular weight excluding hydrogens is 427 g/mol. The van der Waals surface area contributed by atoms with Crippen LogP contribution in [0.3, 0.4) is 0 Å². The second kappa shape index (κ2) is 9.16. The van der Waals surface area contributed by atoms with Crippen LogP contribution in [0.4, 0.5) is 15.8 Å². The molecule has 0 aliphatic carbocycles. The first-order valence-electron chi connectivity index (χ1n) is 10.9. The number of carbonyl (C=O) groups excluding carboxylic acids is 2. The zero-order valence-corrected chi connectivity index (χ0v) is 18.2. The van der Waals surface area contributed by atoms with E-state index in [-0.39, 0.29) is 22.6 Å². The summed E-state index contributed by atoms with van der Waals surface area (Å²) in [5.41, 5.74) is 2.25. The Bertz CT molecular complexity index is 1370. The van der Waals surface area contributed by atoms with Crippen LogP contribution in [0.2, 0.25) is 0 Å². The first kappa shape index (κ1) is 21.3. The summed E-state index contributed by atoms with van der Waals surface area (Å²) in [5, 5.41) is 3.16. The van der Waals surface area contributed by atoms with Gasteiger partial charge in [-0.3, -0.25) is 14.5 Å². The van der Waals surface area contributed by atoms with Crippen LogP contribution in [-0.2, 0) is 4.79 Å². The summed E-state index contributed by atoms with van der Waals surface area (Å²) >= 11 is 0. The molecule has 1 unspecified atom stereocenters. The van der Waals surface area contributed by atoms with Gasteiger partial charge in [-0.2, -0.15) is 0 Å². The average molecular weight is 448 g/mol. The van der Waals surface area contributed by atoms with Crippen LogP contribution in [0.5, 0.6) is 0 Å². The summed E-state index contributed by atoms with van der Waals surface area (Å²) in [6, 6.07) is 32.3. The molecule has 34 heavy (non-hydrogen) atoms. The van der Waals surface area contributed by atoms with Crippen molar-refractivity contribution in [3.05, 3.63) is 143 Å². The molecule has 5 heteroatoms. The standard InChI is InChI=1S/C29H21FN2O2/c30-24-19-11-10-18-23(24)27-25(28(33)20-12-4-1-5-13-20)26(31-21-14-6-2-7-15-21)29(34)32(27)22-16-8-3-9-17-22/h1-19,27,31H. The number of nitrogens with one attached hydrogen (secondary N) is 1. The number of rotatable bonds is 6. The second-order valence-corrected chi connectivity index (χ2v) is 7.91. The third-order valence-corrected chi connectivity index (χ3v) is 5.79. The molecule has 1 aliphatic rings. The Labute approximate surface area is 197 Å². The molecule has 1 N–H and O–H groups in total. The van der Waals surface area contributed by atoms with Crippen molar-refractivity contribution >= 4 is 23.1 Å². The minimum atomic E-state index is -0.935. The third kappa shape index (κ3) is 3.88. The Morgan fingerprint density at radius 1 is 0.735 bits per heavy atom. The number of ketones is 1. The van der Waals surface area contributed by atoms with E-state index >= 15 is 4.39 Å². The van der Waals surface area contributed by atoms with Crippen LogP contribution in [0, 0.1) is 5.82 Å². The van der Waals surface area contributed by atoms with Crippen molar-refractivity contribution < 1.29 is 14.0 Å². The van der Waals surface area contributed by atoms with E-state index in [9.17, 15) is 9.59 Å². The highest BCUT2D eigenvalue weighted by Gasteiger charge is 2.45. The predicted molar refractivity (Wildman–Crippen MR) is 131 cm³/mol. The summed E-state index contributed by atoms with van der Waals surface area (Å²) < 4.78 is 15.2. The van der Waals surface area contributed by atoms with Crippen molar-refractivity contribution in [2.45, 2.75) is 6.04 Å². The smallest absolute Gasteiger partial charge is 0.276 e. The number of halogens is 1. The van der Waals surface area contributed by atoms with E-state index in [4.69, 9.17) is 0 Å². The molecule has 0 bridgehead atoms. The molecule has 0 spiro atoms. The van der Waals surface area contributed by atoms with Gasteiger partial charge in [0.2, 0.25) is 0 Å². The van der Waals surface area contributed by atoms with Gasteiger partial charge >= 0.3 is 0 Å². The van der Waals surface area contributed by atoms with Crippen molar-refractivity contribution in [2.75, 3.05) is 10.2 Å². The van der Waals surface area contributed by atoms with E-state index in [1.807, 2.05) is 54.6 Å². The predicted octanol–water partition coefficient (Wildman–Crippen LogP) is 6.16. The van der Waals surface area contributed by atoms with E-state index in [2.05, 4.69) is 5.32 Å². The lowest BCUT2D eigenvalue weighted by atomic mass is 9.92. The number of para-hydroxylation sites is 2. The van der Waals surface area contributed by atoms with Crippen LogP contribution in [0.15, 0.2) is 127 Å². The highest BCUT2D eigenvalue weighted by molar-refractivity contribution is 6.23. The molecule has 0 saturated heterocycles. The SMILES string of the molecule is O=C(C1=C(Nc2ccccc2)C(=O)N(c2ccccc2)C1c1ccccc1F)c1ccccc1. The topological polar surface area (TPSA) is 49.4 Å². The molecule has 166 valence electrons.